The van der Waals surface area contributed by atoms with Gasteiger partial charge in [0.25, 0.3) is 0 Å². The first-order valence-corrected chi connectivity index (χ1v) is 17.9. The number of ether oxygens (including phenoxy) is 1. The fraction of sp³-hybridized carbons (Fsp3) is 0.0930. The summed E-state index contributed by atoms with van der Waals surface area (Å²) in [5.74, 6) is -2.52. The number of phenolic OH excluding ortho intramolecular Hbond substituents is 1. The molecule has 57 heavy (non-hydrogen) atoms. The molecule has 0 atom stereocenters. The van der Waals surface area contributed by atoms with Gasteiger partial charge in [0.15, 0.2) is 5.43 Å². The van der Waals surface area contributed by atoms with E-state index in [9.17, 15) is 34.8 Å². The Morgan fingerprint density at radius 3 is 2.14 bits per heavy atom. The van der Waals surface area contributed by atoms with Crippen molar-refractivity contribution in [3.8, 4) is 34.1 Å². The number of aromatic nitrogens is 2. The normalized spacial score (nSPS) is 11.4. The van der Waals surface area contributed by atoms with E-state index in [2.05, 4.69) is 20.6 Å². The first-order chi connectivity index (χ1) is 27.6. The molecule has 0 saturated carbocycles. The van der Waals surface area contributed by atoms with E-state index in [0.717, 1.165) is 10.8 Å². The molecule has 3 heterocycles. The summed E-state index contributed by atoms with van der Waals surface area (Å²) in [6.07, 6.45) is 0. The highest BCUT2D eigenvalue weighted by molar-refractivity contribution is 6.33. The summed E-state index contributed by atoms with van der Waals surface area (Å²) in [7, 11) is 1.51. The Morgan fingerprint density at radius 1 is 0.789 bits per heavy atom. The average Bonchev–Trinajstić information content (AvgIpc) is 3.22. The van der Waals surface area contributed by atoms with Crippen LogP contribution in [-0.2, 0) is 19.7 Å². The molecule has 6 aromatic rings. The van der Waals surface area contributed by atoms with Crippen molar-refractivity contribution in [2.24, 2.45) is 0 Å². The Morgan fingerprint density at radius 2 is 1.47 bits per heavy atom. The van der Waals surface area contributed by atoms with Gasteiger partial charge in [-0.05, 0) is 66.2 Å². The Hall–Kier alpha value is -7.22. The summed E-state index contributed by atoms with van der Waals surface area (Å²) in [6, 6.07) is 26.0. The van der Waals surface area contributed by atoms with Crippen LogP contribution in [0.15, 0.2) is 106 Å². The van der Waals surface area contributed by atoms with Crippen LogP contribution in [0, 0.1) is 0 Å². The molecule has 0 amide bonds. The summed E-state index contributed by atoms with van der Waals surface area (Å²) < 4.78 is 12.0. The van der Waals surface area contributed by atoms with Crippen molar-refractivity contribution >= 4 is 67.7 Å². The van der Waals surface area contributed by atoms with E-state index in [1.807, 2.05) is 36.4 Å². The molecule has 0 spiro atoms. The number of halogens is 1. The number of hydrogen-bond acceptors (Lipinski definition) is 11. The molecule has 14 heteroatoms. The zero-order chi connectivity index (χ0) is 40.0. The van der Waals surface area contributed by atoms with Crippen LogP contribution in [0.2, 0.25) is 5.02 Å². The predicted octanol–water partition coefficient (Wildman–Crippen LogP) is 8.14. The molecule has 4 aromatic carbocycles. The summed E-state index contributed by atoms with van der Waals surface area (Å²) in [5, 5.41) is 50.0. The molecule has 8 rings (SSSR count). The number of para-hydroxylation sites is 2. The lowest BCUT2D eigenvalue weighted by atomic mass is 9.87. The number of methoxy groups -OCH3 is 1. The lowest BCUT2D eigenvalue weighted by molar-refractivity contribution is 0.0682. The number of carbonyl (C=O) groups is 2. The highest BCUT2D eigenvalue weighted by Gasteiger charge is 2.28. The predicted molar refractivity (Wildman–Crippen MR) is 216 cm³/mol. The molecule has 0 bridgehead atoms. The molecule has 1 aliphatic heterocycles. The van der Waals surface area contributed by atoms with Crippen molar-refractivity contribution in [2.45, 2.75) is 19.7 Å². The first-order valence-electron chi connectivity index (χ1n) is 17.5. The van der Waals surface area contributed by atoms with E-state index < -0.39 is 17.4 Å². The number of nitrogens with zero attached hydrogens (tertiary/aromatic N) is 2. The van der Waals surface area contributed by atoms with Gasteiger partial charge in [0, 0.05) is 46.4 Å². The Kier molecular flexibility index (Phi) is 9.53. The van der Waals surface area contributed by atoms with E-state index >= 15 is 0 Å². The highest BCUT2D eigenvalue weighted by atomic mass is 35.5. The second kappa shape index (κ2) is 14.8. The third-order valence-corrected chi connectivity index (χ3v) is 10.1. The van der Waals surface area contributed by atoms with E-state index in [1.54, 1.807) is 24.3 Å². The number of pyridine rings is 2. The summed E-state index contributed by atoms with van der Waals surface area (Å²) in [4.78, 5) is 47.9. The van der Waals surface area contributed by atoms with Crippen LogP contribution in [-0.4, -0.2) is 49.4 Å². The number of aromatic carboxylic acids is 2. The van der Waals surface area contributed by atoms with Gasteiger partial charge in [0.2, 0.25) is 5.88 Å². The minimum Gasteiger partial charge on any atom is -0.506 e. The minimum absolute atomic E-state index is 0.0200. The molecule has 2 aliphatic rings. The number of nitrogens with one attached hydrogen (secondary N) is 2. The number of hydrogen-bond donors (Lipinski definition) is 6. The number of aliphatic hydroxyl groups is 1. The maximum Gasteiger partial charge on any atom is 0.336 e. The van der Waals surface area contributed by atoms with Gasteiger partial charge in [0.05, 0.1) is 69.1 Å². The molecule has 6 N–H and O–H groups in total. The van der Waals surface area contributed by atoms with Crippen LogP contribution in [0.25, 0.3) is 55.2 Å². The number of carboxylic acids is 2. The zero-order valence-corrected chi connectivity index (χ0v) is 30.7. The van der Waals surface area contributed by atoms with Gasteiger partial charge < -0.3 is 40.2 Å². The molecule has 2 aromatic heterocycles. The zero-order valence-electron chi connectivity index (χ0n) is 30.0. The summed E-state index contributed by atoms with van der Waals surface area (Å²) >= 11 is 6.70. The van der Waals surface area contributed by atoms with Gasteiger partial charge in [-0.3, -0.25) is 4.79 Å². The van der Waals surface area contributed by atoms with Crippen molar-refractivity contribution in [3.63, 3.8) is 0 Å². The molecule has 0 radical (unpaired) electrons. The third kappa shape index (κ3) is 6.64. The van der Waals surface area contributed by atoms with E-state index in [4.69, 9.17) is 20.8 Å². The van der Waals surface area contributed by atoms with Gasteiger partial charge in [-0.1, -0.05) is 41.9 Å². The van der Waals surface area contributed by atoms with Crippen LogP contribution >= 0.6 is 11.6 Å². The summed E-state index contributed by atoms with van der Waals surface area (Å²) in [5.41, 5.74) is 2.82. The molecule has 0 fully saturated rings. The van der Waals surface area contributed by atoms with E-state index in [1.165, 1.54) is 43.5 Å². The number of anilines is 2. The van der Waals surface area contributed by atoms with Gasteiger partial charge >= 0.3 is 11.9 Å². The molecule has 13 nitrogen and oxygen atoms in total. The van der Waals surface area contributed by atoms with E-state index in [-0.39, 0.29) is 86.1 Å². The maximum atomic E-state index is 13.8. The second-order valence-electron chi connectivity index (χ2n) is 13.1. The number of carboxylic acid groups (broad SMARTS) is 2. The topological polar surface area (TPSA) is 204 Å². The van der Waals surface area contributed by atoms with Gasteiger partial charge in [-0.15, -0.1) is 0 Å². The molecular formula is C43H31ClN4O9. The van der Waals surface area contributed by atoms with Crippen molar-refractivity contribution in [2.75, 3.05) is 17.7 Å². The molecule has 0 unspecified atom stereocenters. The van der Waals surface area contributed by atoms with Crippen LogP contribution in [0.3, 0.4) is 0 Å². The lowest BCUT2D eigenvalue weighted by Gasteiger charge is -2.22. The second-order valence-corrected chi connectivity index (χ2v) is 13.5. The third-order valence-electron chi connectivity index (χ3n) is 9.78. The van der Waals surface area contributed by atoms with Crippen LogP contribution < -0.4 is 20.8 Å². The standard InChI is InChI=1S/C43H31ClN4O9/c1-56-35-15-10-22-5-3-7-33(38(22)48-35)45-18-29-34(50)14-13-26-36(27-16-23(42(52)53)9-12-25(27)43(54)55)28-17-31(44)39(51)30(41(28)57-40(26)29)19-46-32-6-2-4-21-8-11-24(20-49)47-37(21)32/h2-17,45-46,49,51H,18-20H2,1H3,(H,52,53)(H,54,55). The Balaban J connectivity index is 1.37. The van der Waals surface area contributed by atoms with Gasteiger partial charge in [-0.25, -0.2) is 19.6 Å². The first kappa shape index (κ1) is 36.7. The smallest absolute Gasteiger partial charge is 0.336 e. The number of aliphatic hydroxyl groups excluding tert-OH is 1. The molecule has 1 aliphatic carbocycles. The number of fused-ring (bicyclic) bond motifs is 4. The SMILES string of the molecule is COc1ccc2cccc(NCc3c4oc5c(CNc6cccc7ccc(CO)nc67)c(O)c(Cl)cc5c(-c5cc(C(=O)O)ccc5C(=O)O)c-4ccc3=O)c2n1. The monoisotopic (exact) mass is 782 g/mol. The van der Waals surface area contributed by atoms with Crippen LogP contribution in [0.5, 0.6) is 11.6 Å². The van der Waals surface area contributed by atoms with Crippen LogP contribution in [0.4, 0.5) is 11.4 Å². The number of rotatable bonds is 11. The Bertz CT molecular complexity index is 2970. The maximum absolute atomic E-state index is 13.8. The highest BCUT2D eigenvalue weighted by Crippen LogP contribution is 2.47. The number of aromatic hydroxyl groups is 1. The fourth-order valence-electron chi connectivity index (χ4n) is 7.01. The largest absolute Gasteiger partial charge is 0.506 e. The fourth-order valence-corrected chi connectivity index (χ4v) is 7.23. The van der Waals surface area contributed by atoms with Gasteiger partial charge in [0.1, 0.15) is 17.1 Å². The number of benzene rings is 5. The quantitative estimate of drug-likeness (QED) is 0.0687. The lowest BCUT2D eigenvalue weighted by Crippen LogP contribution is -2.15. The van der Waals surface area contributed by atoms with Crippen molar-refractivity contribution in [1.29, 1.82) is 0 Å². The summed E-state index contributed by atoms with van der Waals surface area (Å²) in [6.45, 7) is -0.452. The molecular weight excluding hydrogens is 752 g/mol. The van der Waals surface area contributed by atoms with Gasteiger partial charge in [-0.2, -0.15) is 0 Å². The molecule has 284 valence electrons. The van der Waals surface area contributed by atoms with Crippen molar-refractivity contribution in [1.82, 2.24) is 9.97 Å². The Labute approximate surface area is 327 Å². The van der Waals surface area contributed by atoms with Crippen LogP contribution in [0.1, 0.15) is 37.5 Å². The minimum atomic E-state index is -1.33. The van der Waals surface area contributed by atoms with Crippen molar-refractivity contribution < 1.29 is 39.2 Å². The van der Waals surface area contributed by atoms with Crippen molar-refractivity contribution in [3.05, 3.63) is 140 Å². The number of phenols is 1. The average molecular weight is 783 g/mol. The van der Waals surface area contributed by atoms with E-state index in [0.29, 0.717) is 34.0 Å². The molecule has 0 saturated heterocycles.